The van der Waals surface area contributed by atoms with E-state index in [0.29, 0.717) is 0 Å². The summed E-state index contributed by atoms with van der Waals surface area (Å²) in [4.78, 5) is 5.71. The SMILES string of the molecule is c1csc(-c2nccn2CC2CCNC2)c1. The minimum atomic E-state index is 0.757. The number of thiophene rings is 1. The maximum atomic E-state index is 4.45. The van der Waals surface area contributed by atoms with Crippen molar-refractivity contribution in [3.05, 3.63) is 29.9 Å². The Morgan fingerprint density at radius 2 is 2.56 bits per heavy atom. The normalized spacial score (nSPS) is 20.4. The summed E-state index contributed by atoms with van der Waals surface area (Å²) in [5.74, 6) is 1.87. The van der Waals surface area contributed by atoms with Crippen LogP contribution in [0.2, 0.25) is 0 Å². The summed E-state index contributed by atoms with van der Waals surface area (Å²) in [5, 5.41) is 5.51. The summed E-state index contributed by atoms with van der Waals surface area (Å²) in [5.41, 5.74) is 0. The van der Waals surface area contributed by atoms with Crippen LogP contribution in [0, 0.1) is 5.92 Å². The second kappa shape index (κ2) is 4.39. The highest BCUT2D eigenvalue weighted by Gasteiger charge is 2.16. The fourth-order valence-electron chi connectivity index (χ4n) is 2.24. The summed E-state index contributed by atoms with van der Waals surface area (Å²) < 4.78 is 2.28. The van der Waals surface area contributed by atoms with E-state index in [0.717, 1.165) is 31.4 Å². The Morgan fingerprint density at radius 3 is 3.31 bits per heavy atom. The first-order chi connectivity index (χ1) is 7.93. The number of aromatic nitrogens is 2. The largest absolute Gasteiger partial charge is 0.330 e. The zero-order chi connectivity index (χ0) is 10.8. The van der Waals surface area contributed by atoms with E-state index in [4.69, 9.17) is 0 Å². The van der Waals surface area contributed by atoms with E-state index >= 15 is 0 Å². The van der Waals surface area contributed by atoms with Gasteiger partial charge in [-0.25, -0.2) is 4.98 Å². The molecule has 84 valence electrons. The van der Waals surface area contributed by atoms with E-state index in [1.165, 1.54) is 11.3 Å². The number of hydrogen-bond donors (Lipinski definition) is 1. The van der Waals surface area contributed by atoms with E-state index in [1.807, 2.05) is 6.20 Å². The van der Waals surface area contributed by atoms with Gasteiger partial charge in [-0.15, -0.1) is 11.3 Å². The molecule has 1 aliphatic rings. The van der Waals surface area contributed by atoms with Gasteiger partial charge in [0.1, 0.15) is 5.82 Å². The summed E-state index contributed by atoms with van der Waals surface area (Å²) in [6.45, 7) is 3.38. The van der Waals surface area contributed by atoms with Gasteiger partial charge in [0.25, 0.3) is 0 Å². The molecule has 0 aliphatic carbocycles. The number of hydrogen-bond acceptors (Lipinski definition) is 3. The number of nitrogens with zero attached hydrogens (tertiary/aromatic N) is 2. The van der Waals surface area contributed by atoms with Crippen LogP contribution in [0.4, 0.5) is 0 Å². The topological polar surface area (TPSA) is 29.9 Å². The fourth-order valence-corrected chi connectivity index (χ4v) is 2.97. The van der Waals surface area contributed by atoms with Gasteiger partial charge < -0.3 is 9.88 Å². The van der Waals surface area contributed by atoms with Gasteiger partial charge >= 0.3 is 0 Å². The van der Waals surface area contributed by atoms with E-state index in [9.17, 15) is 0 Å². The van der Waals surface area contributed by atoms with Crippen LogP contribution in [-0.4, -0.2) is 22.6 Å². The van der Waals surface area contributed by atoms with Crippen LogP contribution in [0.25, 0.3) is 10.7 Å². The van der Waals surface area contributed by atoms with Crippen LogP contribution in [0.5, 0.6) is 0 Å². The molecule has 16 heavy (non-hydrogen) atoms. The Bertz CT molecular complexity index is 441. The van der Waals surface area contributed by atoms with Crippen molar-refractivity contribution < 1.29 is 0 Å². The maximum absolute atomic E-state index is 4.45. The van der Waals surface area contributed by atoms with E-state index < -0.39 is 0 Å². The van der Waals surface area contributed by atoms with Crippen molar-refractivity contribution in [2.75, 3.05) is 13.1 Å². The average molecular weight is 233 g/mol. The van der Waals surface area contributed by atoms with Gasteiger partial charge in [0.15, 0.2) is 0 Å². The number of imidazole rings is 1. The van der Waals surface area contributed by atoms with Gasteiger partial charge in [0.05, 0.1) is 4.88 Å². The summed E-state index contributed by atoms with van der Waals surface area (Å²) in [6, 6.07) is 4.21. The van der Waals surface area contributed by atoms with Crippen molar-refractivity contribution in [2.24, 2.45) is 5.92 Å². The lowest BCUT2D eigenvalue weighted by Gasteiger charge is -2.11. The molecular formula is C12H15N3S. The molecule has 0 saturated carbocycles. The molecule has 0 radical (unpaired) electrons. The average Bonchev–Trinajstić information content (AvgIpc) is 2.98. The molecule has 0 spiro atoms. The highest BCUT2D eigenvalue weighted by atomic mass is 32.1. The van der Waals surface area contributed by atoms with Crippen LogP contribution in [0.15, 0.2) is 29.9 Å². The highest BCUT2D eigenvalue weighted by Crippen LogP contribution is 2.24. The molecule has 2 aromatic heterocycles. The Labute approximate surface area is 99.1 Å². The first-order valence-corrected chi connectivity index (χ1v) is 6.57. The van der Waals surface area contributed by atoms with Gasteiger partial charge in [-0.05, 0) is 36.9 Å². The van der Waals surface area contributed by atoms with Gasteiger partial charge in [0, 0.05) is 18.9 Å². The molecule has 3 nitrogen and oxygen atoms in total. The predicted molar refractivity (Wildman–Crippen MR) is 66.5 cm³/mol. The Balaban J connectivity index is 1.82. The van der Waals surface area contributed by atoms with Crippen LogP contribution < -0.4 is 5.32 Å². The highest BCUT2D eigenvalue weighted by molar-refractivity contribution is 7.13. The minimum absolute atomic E-state index is 0.757. The molecule has 3 rings (SSSR count). The second-order valence-corrected chi connectivity index (χ2v) is 5.19. The maximum Gasteiger partial charge on any atom is 0.149 e. The molecule has 4 heteroatoms. The quantitative estimate of drug-likeness (QED) is 0.881. The van der Waals surface area contributed by atoms with Gasteiger partial charge in [-0.2, -0.15) is 0 Å². The first-order valence-electron chi connectivity index (χ1n) is 5.69. The van der Waals surface area contributed by atoms with Crippen molar-refractivity contribution in [2.45, 2.75) is 13.0 Å². The van der Waals surface area contributed by atoms with Crippen LogP contribution in [0.3, 0.4) is 0 Å². The van der Waals surface area contributed by atoms with Crippen LogP contribution >= 0.6 is 11.3 Å². The minimum Gasteiger partial charge on any atom is -0.330 e. The molecular weight excluding hydrogens is 218 g/mol. The van der Waals surface area contributed by atoms with Crippen LogP contribution in [-0.2, 0) is 6.54 Å². The Morgan fingerprint density at radius 1 is 1.56 bits per heavy atom. The molecule has 2 aromatic rings. The molecule has 1 saturated heterocycles. The Kier molecular flexibility index (Phi) is 2.76. The summed E-state index contributed by atoms with van der Waals surface area (Å²) in [7, 11) is 0. The van der Waals surface area contributed by atoms with Crippen molar-refractivity contribution >= 4 is 11.3 Å². The van der Waals surface area contributed by atoms with Gasteiger partial charge in [-0.1, -0.05) is 6.07 Å². The molecule has 0 bridgehead atoms. The van der Waals surface area contributed by atoms with Gasteiger partial charge in [0.2, 0.25) is 0 Å². The lowest BCUT2D eigenvalue weighted by Crippen LogP contribution is -2.14. The van der Waals surface area contributed by atoms with E-state index in [-0.39, 0.29) is 0 Å². The molecule has 1 N–H and O–H groups in total. The third-order valence-corrected chi connectivity index (χ3v) is 3.94. The lowest BCUT2D eigenvalue weighted by atomic mass is 10.1. The molecule has 3 heterocycles. The predicted octanol–water partition coefficient (Wildman–Crippen LogP) is 2.22. The Hall–Kier alpha value is -1.13. The summed E-state index contributed by atoms with van der Waals surface area (Å²) >= 11 is 1.75. The standard InChI is InChI=1S/C12H15N3S/c1-2-11(16-7-1)12-14-5-6-15(12)9-10-3-4-13-8-10/h1-2,5-7,10,13H,3-4,8-9H2. The molecule has 0 aromatic carbocycles. The van der Waals surface area contributed by atoms with E-state index in [1.54, 1.807) is 11.3 Å². The van der Waals surface area contributed by atoms with Gasteiger partial charge in [-0.3, -0.25) is 0 Å². The number of rotatable bonds is 3. The fraction of sp³-hybridized carbons (Fsp3) is 0.417. The third-order valence-electron chi connectivity index (χ3n) is 3.07. The van der Waals surface area contributed by atoms with E-state index in [2.05, 4.69) is 38.6 Å². The summed E-state index contributed by atoms with van der Waals surface area (Å²) in [6.07, 6.45) is 5.27. The second-order valence-electron chi connectivity index (χ2n) is 4.24. The number of nitrogens with one attached hydrogen (secondary N) is 1. The van der Waals surface area contributed by atoms with Crippen molar-refractivity contribution in [1.29, 1.82) is 0 Å². The monoisotopic (exact) mass is 233 g/mol. The van der Waals surface area contributed by atoms with Crippen LogP contribution in [0.1, 0.15) is 6.42 Å². The molecule has 0 amide bonds. The molecule has 1 unspecified atom stereocenters. The third kappa shape index (κ3) is 1.90. The first kappa shape index (κ1) is 10.1. The molecule has 1 fully saturated rings. The smallest absolute Gasteiger partial charge is 0.149 e. The molecule has 1 aliphatic heterocycles. The van der Waals surface area contributed by atoms with Crippen molar-refractivity contribution in [3.63, 3.8) is 0 Å². The molecule has 1 atom stereocenters. The zero-order valence-corrected chi connectivity index (χ0v) is 9.91. The lowest BCUT2D eigenvalue weighted by molar-refractivity contribution is 0.484. The van der Waals surface area contributed by atoms with Crippen molar-refractivity contribution in [1.82, 2.24) is 14.9 Å². The van der Waals surface area contributed by atoms with Crippen molar-refractivity contribution in [3.8, 4) is 10.7 Å². The zero-order valence-electron chi connectivity index (χ0n) is 9.10.